The molecule has 2 aromatic carbocycles. The second kappa shape index (κ2) is 9.01. The van der Waals surface area contributed by atoms with E-state index in [1.54, 1.807) is 17.5 Å². The van der Waals surface area contributed by atoms with E-state index in [9.17, 15) is 9.59 Å². The maximum atomic E-state index is 12.4. The average molecular weight is 396 g/mol. The molecular weight excluding hydrogens is 376 g/mol. The highest BCUT2D eigenvalue weighted by molar-refractivity contribution is 7.14. The van der Waals surface area contributed by atoms with E-state index in [2.05, 4.69) is 20.9 Å². The molecule has 0 saturated carbocycles. The highest BCUT2D eigenvalue weighted by Gasteiger charge is 2.14. The number of carbonyl (C=O) groups is 2. The Bertz CT molecular complexity index is 970. The van der Waals surface area contributed by atoms with Gasteiger partial charge < -0.3 is 15.4 Å². The monoisotopic (exact) mass is 396 g/mol. The lowest BCUT2D eigenvalue weighted by atomic mass is 10.2. The Labute approximate surface area is 166 Å². The maximum Gasteiger partial charge on any atom is 0.325 e. The fourth-order valence-electron chi connectivity index (χ4n) is 2.37. The van der Waals surface area contributed by atoms with Crippen LogP contribution in [0.25, 0.3) is 0 Å². The number of benzene rings is 2. The molecule has 1 heterocycles. The van der Waals surface area contributed by atoms with Crippen molar-refractivity contribution in [2.45, 2.75) is 13.8 Å². The lowest BCUT2D eigenvalue weighted by molar-refractivity contribution is 0.102. The number of hydrogen-bond donors (Lipinski definition) is 3. The Balaban J connectivity index is 1.61. The van der Waals surface area contributed by atoms with E-state index in [1.807, 2.05) is 50.2 Å². The molecule has 3 N–H and O–H groups in total. The van der Waals surface area contributed by atoms with Gasteiger partial charge in [0.1, 0.15) is 11.4 Å². The zero-order valence-corrected chi connectivity index (χ0v) is 16.3. The lowest BCUT2D eigenvalue weighted by Gasteiger charge is -2.10. The number of aryl methyl sites for hydroxylation is 1. The van der Waals surface area contributed by atoms with Gasteiger partial charge in [0, 0.05) is 11.1 Å². The third kappa shape index (κ3) is 5.08. The molecule has 0 aliphatic carbocycles. The summed E-state index contributed by atoms with van der Waals surface area (Å²) in [6, 6.07) is 14.2. The highest BCUT2D eigenvalue weighted by Crippen LogP contribution is 2.25. The summed E-state index contributed by atoms with van der Waals surface area (Å²) in [5, 5.41) is 10.0. The first kappa shape index (κ1) is 19.4. The number of ether oxygens (including phenoxy) is 1. The van der Waals surface area contributed by atoms with E-state index in [0.717, 1.165) is 5.56 Å². The molecule has 3 aromatic rings. The number of hydrogen-bond acceptors (Lipinski definition) is 5. The summed E-state index contributed by atoms with van der Waals surface area (Å²) in [5.41, 5.74) is 2.55. The van der Waals surface area contributed by atoms with E-state index in [-0.39, 0.29) is 11.6 Å². The van der Waals surface area contributed by atoms with Gasteiger partial charge in [0.05, 0.1) is 12.3 Å². The lowest BCUT2D eigenvalue weighted by Crippen LogP contribution is -2.19. The average Bonchev–Trinajstić information content (AvgIpc) is 3.14. The number of nitrogens with zero attached hydrogens (tertiary/aromatic N) is 1. The van der Waals surface area contributed by atoms with Gasteiger partial charge in [0.25, 0.3) is 5.91 Å². The molecule has 0 spiro atoms. The molecule has 0 aliphatic heterocycles. The summed E-state index contributed by atoms with van der Waals surface area (Å²) in [6.45, 7) is 4.34. The Morgan fingerprint density at radius 2 is 1.79 bits per heavy atom. The number of urea groups is 1. The molecule has 3 amide bonds. The molecule has 0 fully saturated rings. The van der Waals surface area contributed by atoms with Gasteiger partial charge >= 0.3 is 6.03 Å². The van der Waals surface area contributed by atoms with Crippen LogP contribution in [0.5, 0.6) is 5.75 Å². The van der Waals surface area contributed by atoms with Gasteiger partial charge in [0.2, 0.25) is 0 Å². The molecule has 0 aliphatic rings. The fraction of sp³-hybridized carbons (Fsp3) is 0.150. The number of anilines is 3. The SMILES string of the molecule is CCOc1ccccc1NC(=O)c1csc(NC(=O)Nc2ccc(C)cc2)n1. The molecule has 7 nitrogen and oxygen atoms in total. The summed E-state index contributed by atoms with van der Waals surface area (Å²) < 4.78 is 5.50. The Kier molecular flexibility index (Phi) is 6.23. The summed E-state index contributed by atoms with van der Waals surface area (Å²) in [6.07, 6.45) is 0. The molecule has 0 unspecified atom stereocenters. The minimum atomic E-state index is -0.424. The topological polar surface area (TPSA) is 92.4 Å². The van der Waals surface area contributed by atoms with E-state index >= 15 is 0 Å². The first-order chi connectivity index (χ1) is 13.5. The first-order valence-corrected chi connectivity index (χ1v) is 9.56. The normalized spacial score (nSPS) is 10.2. The Morgan fingerprint density at radius 1 is 1.04 bits per heavy atom. The number of aromatic nitrogens is 1. The van der Waals surface area contributed by atoms with Crippen LogP contribution >= 0.6 is 11.3 Å². The Hall–Kier alpha value is -3.39. The van der Waals surface area contributed by atoms with Crippen LogP contribution in [0.3, 0.4) is 0 Å². The molecule has 28 heavy (non-hydrogen) atoms. The molecule has 0 saturated heterocycles. The molecule has 3 rings (SSSR count). The number of carbonyl (C=O) groups excluding carboxylic acids is 2. The first-order valence-electron chi connectivity index (χ1n) is 8.68. The number of nitrogens with one attached hydrogen (secondary N) is 3. The fourth-order valence-corrected chi connectivity index (χ4v) is 3.06. The van der Waals surface area contributed by atoms with Gasteiger partial charge in [-0.15, -0.1) is 11.3 Å². The molecule has 1 aromatic heterocycles. The van der Waals surface area contributed by atoms with Crippen molar-refractivity contribution in [1.29, 1.82) is 0 Å². The summed E-state index contributed by atoms with van der Waals surface area (Å²) in [4.78, 5) is 28.7. The van der Waals surface area contributed by atoms with Crippen LogP contribution in [0.2, 0.25) is 0 Å². The van der Waals surface area contributed by atoms with E-state index in [0.29, 0.717) is 28.9 Å². The van der Waals surface area contributed by atoms with Crippen molar-refractivity contribution >= 4 is 39.8 Å². The van der Waals surface area contributed by atoms with Crippen LogP contribution < -0.4 is 20.7 Å². The van der Waals surface area contributed by atoms with Gasteiger partial charge in [0.15, 0.2) is 5.13 Å². The summed E-state index contributed by atoms with van der Waals surface area (Å²) in [7, 11) is 0. The number of amides is 3. The summed E-state index contributed by atoms with van der Waals surface area (Å²) in [5.74, 6) is 0.208. The van der Waals surface area contributed by atoms with E-state index in [4.69, 9.17) is 4.74 Å². The van der Waals surface area contributed by atoms with Crippen molar-refractivity contribution in [3.8, 4) is 5.75 Å². The predicted octanol–water partition coefficient (Wildman–Crippen LogP) is 4.75. The van der Waals surface area contributed by atoms with Crippen molar-refractivity contribution in [3.63, 3.8) is 0 Å². The van der Waals surface area contributed by atoms with Gasteiger partial charge in [-0.25, -0.2) is 9.78 Å². The molecular formula is C20H20N4O3S. The van der Waals surface area contributed by atoms with Crippen LogP contribution in [0, 0.1) is 6.92 Å². The Morgan fingerprint density at radius 3 is 2.54 bits per heavy atom. The van der Waals surface area contributed by atoms with Gasteiger partial charge in [-0.3, -0.25) is 10.1 Å². The van der Waals surface area contributed by atoms with Crippen LogP contribution in [-0.4, -0.2) is 23.5 Å². The number of thiazole rings is 1. The second-order valence-electron chi connectivity index (χ2n) is 5.87. The van der Waals surface area contributed by atoms with Crippen LogP contribution in [-0.2, 0) is 0 Å². The zero-order valence-electron chi connectivity index (χ0n) is 15.5. The molecule has 0 atom stereocenters. The van der Waals surface area contributed by atoms with Crippen molar-refractivity contribution in [1.82, 2.24) is 4.98 Å². The minimum absolute atomic E-state index is 0.210. The van der Waals surface area contributed by atoms with Gasteiger partial charge in [-0.1, -0.05) is 29.8 Å². The number of rotatable bonds is 6. The van der Waals surface area contributed by atoms with E-state index < -0.39 is 6.03 Å². The largest absolute Gasteiger partial charge is 0.492 e. The molecule has 144 valence electrons. The zero-order chi connectivity index (χ0) is 19.9. The third-order valence-corrected chi connectivity index (χ3v) is 4.46. The highest BCUT2D eigenvalue weighted by atomic mass is 32.1. The number of para-hydroxylation sites is 2. The maximum absolute atomic E-state index is 12.4. The van der Waals surface area contributed by atoms with Crippen molar-refractivity contribution < 1.29 is 14.3 Å². The van der Waals surface area contributed by atoms with E-state index in [1.165, 1.54) is 11.3 Å². The minimum Gasteiger partial charge on any atom is -0.492 e. The molecule has 8 heteroatoms. The van der Waals surface area contributed by atoms with Crippen LogP contribution in [0.15, 0.2) is 53.9 Å². The quantitative estimate of drug-likeness (QED) is 0.561. The molecule has 0 bridgehead atoms. The van der Waals surface area contributed by atoms with Crippen molar-refractivity contribution in [2.75, 3.05) is 22.6 Å². The van der Waals surface area contributed by atoms with Gasteiger partial charge in [-0.05, 0) is 38.1 Å². The second-order valence-corrected chi connectivity index (χ2v) is 6.72. The van der Waals surface area contributed by atoms with Crippen LogP contribution in [0.1, 0.15) is 23.0 Å². The predicted molar refractivity (Wildman–Crippen MR) is 111 cm³/mol. The standard InChI is InChI=1S/C20H20N4O3S/c1-3-27-17-7-5-4-6-15(17)22-18(25)16-12-28-20(23-16)24-19(26)21-14-10-8-13(2)9-11-14/h4-12H,3H2,1-2H3,(H,22,25)(H2,21,23,24,26). The smallest absolute Gasteiger partial charge is 0.325 e. The van der Waals surface area contributed by atoms with Gasteiger partial charge in [-0.2, -0.15) is 0 Å². The third-order valence-electron chi connectivity index (χ3n) is 3.70. The van der Waals surface area contributed by atoms with Crippen LogP contribution in [0.4, 0.5) is 21.3 Å². The van der Waals surface area contributed by atoms with Crippen molar-refractivity contribution in [2.24, 2.45) is 0 Å². The summed E-state index contributed by atoms with van der Waals surface area (Å²) >= 11 is 1.17. The van der Waals surface area contributed by atoms with Crippen molar-refractivity contribution in [3.05, 3.63) is 65.2 Å². The molecule has 0 radical (unpaired) electrons.